The van der Waals surface area contributed by atoms with Crippen LogP contribution in [0.2, 0.25) is 60.7 Å². The van der Waals surface area contributed by atoms with Crippen LogP contribution in [-0.4, -0.2) is 631 Å². The number of hydrogen-bond donors (Lipinski definition) is 4. The van der Waals surface area contributed by atoms with Crippen molar-refractivity contribution < 1.29 is 54.0 Å². The molecule has 9 unspecified atom stereocenters. The summed E-state index contributed by atoms with van der Waals surface area (Å²) in [6.45, 7) is 15.0. The summed E-state index contributed by atoms with van der Waals surface area (Å²) in [4.78, 5) is 70.4. The maximum Gasteiger partial charge on any atom is 0.434 e. The van der Waals surface area contributed by atoms with E-state index in [-0.39, 0.29) is 88.5 Å². The lowest BCUT2D eigenvalue weighted by Gasteiger charge is -2.37. The van der Waals surface area contributed by atoms with E-state index in [2.05, 4.69) is 49.3 Å². The fourth-order valence-electron chi connectivity index (χ4n) is 21.8. The van der Waals surface area contributed by atoms with E-state index in [4.69, 9.17) is 203 Å². The minimum atomic E-state index is -0.836. The van der Waals surface area contributed by atoms with Gasteiger partial charge in [0.25, 0.3) is 0 Å². The maximum atomic E-state index is 12.1. The van der Waals surface area contributed by atoms with Gasteiger partial charge in [0.15, 0.2) is 0 Å². The van der Waals surface area contributed by atoms with E-state index in [1.54, 1.807) is 0 Å². The van der Waals surface area contributed by atoms with Gasteiger partial charge in [-0.1, -0.05) is 119 Å². The molecule has 7 aliphatic heterocycles. The molecule has 32 nitrogen and oxygen atoms in total. The van der Waals surface area contributed by atoms with Crippen LogP contribution >= 0.6 is 0 Å². The molecule has 0 aliphatic carbocycles. The Balaban J connectivity index is 0.000000239. The summed E-state index contributed by atoms with van der Waals surface area (Å²) in [6, 6.07) is 0. The number of imidazole rings is 4. The minimum Gasteiger partial charge on any atom is -0.390 e. The van der Waals surface area contributed by atoms with Crippen molar-refractivity contribution in [3.8, 4) is 0 Å². The third-order valence-electron chi connectivity index (χ3n) is 29.8. The fourth-order valence-corrected chi connectivity index (χ4v) is 21.8. The van der Waals surface area contributed by atoms with Crippen LogP contribution in [0.3, 0.4) is 0 Å². The van der Waals surface area contributed by atoms with Gasteiger partial charge in [0.1, 0.15) is 56.2 Å². The molecule has 145 heavy (non-hydrogen) atoms. The van der Waals surface area contributed by atoms with E-state index in [9.17, 15) is 65.3 Å². The monoisotopic (exact) mass is 1890 g/mol. The first-order valence-electron chi connectivity index (χ1n) is 51.0. The van der Waals surface area contributed by atoms with Crippen LogP contribution in [0.4, 0.5) is 28.2 Å². The molecule has 0 spiro atoms. The van der Waals surface area contributed by atoms with Crippen molar-refractivity contribution >= 4 is 378 Å². The standard InChI is InChI=1S/C18H30B20N4O3.C18H31B10FN4O5.2C13H21B10N5O3/c19-31(20)35(27)37(33(23)24)29-11-15(29)5-1-3-8-40(13-17(43)14-41-10-7-39-18(41)42(44)45)9-4-2-6-16-12-30(16)38(34(25)26)36(28)32(21)22;19-25(20)27(23)28(26(21)22)24-13-16(24)3-1-2-6-31(8-10-38-12-11-37-9-4-29)14-17(34)15-32-7-5-30-18(32)33(35)36;14-20(15)22(18)23(21(16)17)19-6-11(19)7-25-3-1-4-26(10-25)8-12(29)9-27-5-2-24-13(27)28(30)31;14-20(15)22(18)23(21(16)17)19-7-11(19)8-25-3-5-26(6-4-25)9-12(29)10-27-2-1-24-13(27)28(30)31/h7,10,15-17,43H,1-6,8-9,11-14H2;5,7,16-17,34H,1-4,6,8-15H2;2,5,11-12,29H,1,3-4,6-10H2;1-2,11-12,29H,3-10H2. The Morgan fingerprint density at radius 1 is 0.345 bits per heavy atom. The second-order valence-corrected chi connectivity index (χ2v) is 41.3. The number of aliphatic hydroxyl groups is 4. The zero-order valence-corrected chi connectivity index (χ0v) is 84.0. The molecule has 4 aromatic heterocycles. The first-order valence-corrected chi connectivity index (χ1v) is 51.0. The zero-order valence-electron chi connectivity index (χ0n) is 84.0. The molecule has 7 aliphatic rings. The van der Waals surface area contributed by atoms with Gasteiger partial charge in [0.05, 0.1) is 117 Å². The van der Waals surface area contributed by atoms with Crippen LogP contribution in [-0.2, 0) is 35.7 Å². The normalized spacial score (nSPS) is 18.1. The maximum absolute atomic E-state index is 12.1. The molecular formula is C62H103B50FN18O14. The number of hydrogen-bond acceptors (Lipinski definition) is 24. The number of nitrogens with zero attached hydrogens (tertiary/aromatic N) is 18. The number of ether oxygens (including phenoxy) is 2. The van der Waals surface area contributed by atoms with Gasteiger partial charge >= 0.3 is 23.8 Å². The highest BCUT2D eigenvalue weighted by atomic mass is 19.1. The Labute approximate surface area is 903 Å². The molecule has 4 aromatic rings. The third kappa shape index (κ3) is 42.6. The molecule has 50 radical (unpaired) electrons. The Hall–Kier alpha value is -2.86. The predicted molar refractivity (Wildman–Crippen MR) is 638 cm³/mol. The van der Waals surface area contributed by atoms with Crippen molar-refractivity contribution in [2.75, 3.05) is 144 Å². The molecule has 11 rings (SSSR count). The molecule has 83 heteroatoms. The van der Waals surface area contributed by atoms with Crippen LogP contribution in [0.5, 0.6) is 0 Å². The molecule has 7 fully saturated rings. The van der Waals surface area contributed by atoms with E-state index in [1.165, 1.54) is 67.8 Å². The quantitative estimate of drug-likeness (QED) is 0.0138. The average molecular weight is 1880 g/mol. The van der Waals surface area contributed by atoms with Crippen molar-refractivity contribution in [3.63, 3.8) is 0 Å². The molecule has 0 bridgehead atoms. The summed E-state index contributed by atoms with van der Waals surface area (Å²) in [7, 11) is 149. The second kappa shape index (κ2) is 64.0. The molecular weight excluding hydrogens is 1780 g/mol. The van der Waals surface area contributed by atoms with E-state index in [0.717, 1.165) is 174 Å². The number of β-amino-alcohol motifs (C(OH)–C–C–N with tert-alkyl or cyclic N) is 2. The minimum absolute atomic E-state index is 0.0485. The zero-order chi connectivity index (χ0) is 107. The van der Waals surface area contributed by atoms with Crippen LogP contribution in [0, 0.1) is 40.5 Å². The van der Waals surface area contributed by atoms with Gasteiger partial charge < -0.3 is 80.2 Å². The first-order chi connectivity index (χ1) is 68.7. The number of nitro groups is 4. The number of aliphatic hydroxyl groups excluding tert-OH is 4. The fraction of sp³-hybridized carbons (Fsp3) is 0.806. The first kappa shape index (κ1) is 127. The van der Waals surface area contributed by atoms with Gasteiger partial charge in [0, 0.05) is 393 Å². The van der Waals surface area contributed by atoms with Crippen molar-refractivity contribution in [2.24, 2.45) is 0 Å². The van der Waals surface area contributed by atoms with E-state index >= 15 is 0 Å². The number of rotatable bonds is 67. The van der Waals surface area contributed by atoms with Gasteiger partial charge in [-0.15, -0.1) is 0 Å². The van der Waals surface area contributed by atoms with Crippen LogP contribution in [0.25, 0.3) is 0 Å². The van der Waals surface area contributed by atoms with Crippen molar-refractivity contribution in [1.29, 1.82) is 0 Å². The number of unbranched alkanes of at least 4 members (excludes halogenated alkanes) is 3. The summed E-state index contributed by atoms with van der Waals surface area (Å²) in [6.07, 6.45) is 14.4. The summed E-state index contributed by atoms with van der Waals surface area (Å²) in [5.74, 6) is 1.30. The third-order valence-corrected chi connectivity index (χ3v) is 29.8. The topological polar surface area (TPSA) is 363 Å². The van der Waals surface area contributed by atoms with E-state index < -0.39 is 147 Å². The number of piperazine rings is 1. The lowest BCUT2D eigenvalue weighted by Crippen LogP contribution is -2.63. The Morgan fingerprint density at radius 3 is 0.917 bits per heavy atom. The largest absolute Gasteiger partial charge is 0.434 e. The van der Waals surface area contributed by atoms with Crippen LogP contribution < -0.4 is 0 Å². The lowest BCUT2D eigenvalue weighted by molar-refractivity contribution is -0.397. The van der Waals surface area contributed by atoms with E-state index in [0.29, 0.717) is 115 Å². The molecule has 4 N–H and O–H groups in total. The Kier molecular flexibility index (Phi) is 56.2. The molecule has 11 heterocycles. The smallest absolute Gasteiger partial charge is 0.390 e. The van der Waals surface area contributed by atoms with Crippen LogP contribution in [0.1, 0.15) is 64.2 Å². The highest BCUT2D eigenvalue weighted by Gasteiger charge is 2.55. The van der Waals surface area contributed by atoms with Crippen molar-refractivity contribution in [2.45, 2.75) is 175 Å². The van der Waals surface area contributed by atoms with E-state index in [1.807, 2.05) is 0 Å². The Bertz CT molecular complexity index is 4350. The average Bonchev–Trinajstić information content (AvgIpc) is 1.65. The van der Waals surface area contributed by atoms with Gasteiger partial charge in [-0.3, -0.25) is 19.6 Å². The number of alkyl halides is 1. The van der Waals surface area contributed by atoms with Gasteiger partial charge in [-0.2, -0.15) is 0 Å². The molecule has 0 aromatic carbocycles. The molecule has 7 saturated heterocycles. The number of aromatic nitrogens is 8. The molecule has 682 valence electrons. The summed E-state index contributed by atoms with van der Waals surface area (Å²) < 4.78 is 28.2. The number of halogens is 1. The van der Waals surface area contributed by atoms with Gasteiger partial charge in [-0.25, -0.2) is 22.7 Å². The molecule has 0 amide bonds. The summed E-state index contributed by atoms with van der Waals surface area (Å²) >= 11 is 0. The van der Waals surface area contributed by atoms with Gasteiger partial charge in [0.2, 0.25) is 0 Å². The second-order valence-electron chi connectivity index (χ2n) is 41.3. The molecule has 0 saturated carbocycles. The van der Waals surface area contributed by atoms with Gasteiger partial charge in [-0.05, 0) is 78.1 Å². The highest BCUT2D eigenvalue weighted by Crippen LogP contribution is 2.47. The summed E-state index contributed by atoms with van der Waals surface area (Å²) in [5, 5.41) is 86.6. The predicted octanol–water partition coefficient (Wildman–Crippen LogP) is -13.2. The summed E-state index contributed by atoms with van der Waals surface area (Å²) in [5.41, 5.74) is 0. The molecule has 9 atom stereocenters. The lowest BCUT2D eigenvalue weighted by atomic mass is 8.57. The SMILES string of the molecule is [B]B([B])B([B])B(B([B])[B])B1CC1CCCCN(CCCCC1CB1B(B([B])[B])B([B])B([B])[B])CC(O)Cn1ccnc1[N+](=O)[O-].[B]B([B])B([B])B(B([B])[B])B1CC1CCCCN(CCOCCOCCF)CC(O)Cn1ccnc1[N+](=O)[O-].[B]B([B])B([B])B(B([B])[B])B1CC1CN1CCCN(CC(O)Cn2ccnc2[N+](=O)[O-])C1.[B]B([B])B([B])B(B([B])[B])B1CC1CN1CCN(CC(O)Cn2ccnc2[N+](=O)[O-])CC1. The highest BCUT2D eigenvalue weighted by molar-refractivity contribution is 8.04. The van der Waals surface area contributed by atoms with Crippen molar-refractivity contribution in [1.82, 2.24) is 67.6 Å². The Morgan fingerprint density at radius 2 is 0.614 bits per heavy atom. The van der Waals surface area contributed by atoms with Crippen LogP contribution in [0.15, 0.2) is 49.6 Å². The van der Waals surface area contributed by atoms with Crippen molar-refractivity contribution in [3.05, 3.63) is 90.0 Å².